The predicted molar refractivity (Wildman–Crippen MR) is 43.0 cm³/mol. The van der Waals surface area contributed by atoms with E-state index in [1.165, 1.54) is 11.3 Å². The van der Waals surface area contributed by atoms with Crippen molar-refractivity contribution in [3.05, 3.63) is 20.8 Å². The Morgan fingerprint density at radius 1 is 1.78 bits per heavy atom. The fourth-order valence-corrected chi connectivity index (χ4v) is 1.61. The lowest BCUT2D eigenvalue weighted by Gasteiger charge is -1.85. The molecule has 1 rings (SSSR count). The normalized spacial score (nSPS) is 9.44. The molecule has 0 atom stereocenters. The van der Waals surface area contributed by atoms with Crippen LogP contribution in [0.1, 0.15) is 5.56 Å². The number of amidine groups is 1. The van der Waals surface area contributed by atoms with Crippen LogP contribution >= 0.6 is 27.3 Å². The smallest absolute Gasteiger partial charge is 0.123 e. The lowest BCUT2D eigenvalue weighted by molar-refractivity contribution is 1.44. The van der Waals surface area contributed by atoms with Crippen molar-refractivity contribution >= 4 is 33.1 Å². The molecule has 0 aliphatic carbocycles. The summed E-state index contributed by atoms with van der Waals surface area (Å²) in [6, 6.07) is 1.83. The van der Waals surface area contributed by atoms with Crippen molar-refractivity contribution in [2.24, 2.45) is 5.73 Å². The van der Waals surface area contributed by atoms with Gasteiger partial charge in [-0.3, -0.25) is 5.41 Å². The van der Waals surface area contributed by atoms with Gasteiger partial charge in [-0.2, -0.15) is 0 Å². The molecule has 1 aromatic heterocycles. The second-order valence-electron chi connectivity index (χ2n) is 1.55. The fraction of sp³-hybridized carbons (Fsp3) is 0. The van der Waals surface area contributed by atoms with E-state index in [9.17, 15) is 0 Å². The van der Waals surface area contributed by atoms with Gasteiger partial charge in [0.2, 0.25) is 0 Å². The first-order chi connectivity index (χ1) is 4.20. The van der Waals surface area contributed by atoms with E-state index >= 15 is 0 Å². The van der Waals surface area contributed by atoms with Crippen LogP contribution in [0.2, 0.25) is 0 Å². The number of hydrogen-bond acceptors (Lipinski definition) is 2. The van der Waals surface area contributed by atoms with Crippen LogP contribution in [0.5, 0.6) is 0 Å². The summed E-state index contributed by atoms with van der Waals surface area (Å²) in [7, 11) is 0. The molecular formula is C5H5BrN2S. The molecular weight excluding hydrogens is 200 g/mol. The van der Waals surface area contributed by atoms with E-state index in [1.54, 1.807) is 0 Å². The maximum Gasteiger partial charge on any atom is 0.123 e. The monoisotopic (exact) mass is 204 g/mol. The summed E-state index contributed by atoms with van der Waals surface area (Å²) in [5.41, 5.74) is 5.98. The van der Waals surface area contributed by atoms with Gasteiger partial charge in [0.05, 0.1) is 3.79 Å². The zero-order valence-electron chi connectivity index (χ0n) is 4.52. The second kappa shape index (κ2) is 2.49. The summed E-state index contributed by atoms with van der Waals surface area (Å²) < 4.78 is 1.01. The van der Waals surface area contributed by atoms with E-state index in [2.05, 4.69) is 15.9 Å². The van der Waals surface area contributed by atoms with Gasteiger partial charge in [0.15, 0.2) is 0 Å². The Morgan fingerprint density at radius 3 is 2.67 bits per heavy atom. The number of nitrogen functional groups attached to an aromatic ring is 1. The quantitative estimate of drug-likeness (QED) is 0.533. The molecule has 4 heteroatoms. The van der Waals surface area contributed by atoms with Crippen molar-refractivity contribution in [2.75, 3.05) is 0 Å². The average Bonchev–Trinajstić information content (AvgIpc) is 2.14. The number of thiophene rings is 1. The van der Waals surface area contributed by atoms with Gasteiger partial charge in [-0.25, -0.2) is 0 Å². The number of hydrogen-bond donors (Lipinski definition) is 2. The van der Waals surface area contributed by atoms with E-state index in [0.29, 0.717) is 0 Å². The second-order valence-corrected chi connectivity index (χ2v) is 3.84. The molecule has 0 radical (unpaired) electrons. The average molecular weight is 205 g/mol. The van der Waals surface area contributed by atoms with Gasteiger partial charge in [-0.15, -0.1) is 11.3 Å². The van der Waals surface area contributed by atoms with Crippen LogP contribution in [0.3, 0.4) is 0 Å². The lowest BCUT2D eigenvalue weighted by atomic mass is 10.3. The molecule has 0 fully saturated rings. The molecule has 2 nitrogen and oxygen atoms in total. The number of nitrogens with one attached hydrogen (secondary N) is 1. The summed E-state index contributed by atoms with van der Waals surface area (Å²) in [6.45, 7) is 0. The summed E-state index contributed by atoms with van der Waals surface area (Å²) in [6.07, 6.45) is 0. The first kappa shape index (κ1) is 6.77. The van der Waals surface area contributed by atoms with Gasteiger partial charge in [0.1, 0.15) is 5.84 Å². The topological polar surface area (TPSA) is 49.9 Å². The minimum atomic E-state index is 0.122. The number of rotatable bonds is 1. The molecule has 48 valence electrons. The summed E-state index contributed by atoms with van der Waals surface area (Å²) in [5.74, 6) is 0.122. The Labute approximate surface area is 65.3 Å². The molecule has 0 bridgehead atoms. The highest BCUT2D eigenvalue weighted by Crippen LogP contribution is 2.19. The molecule has 0 aliphatic rings. The number of nitrogens with two attached hydrogens (primary N) is 1. The molecule has 3 N–H and O–H groups in total. The molecule has 0 amide bonds. The highest BCUT2D eigenvalue weighted by molar-refractivity contribution is 9.11. The number of halogens is 1. The lowest BCUT2D eigenvalue weighted by Crippen LogP contribution is -2.09. The van der Waals surface area contributed by atoms with Crippen LogP contribution in [0.15, 0.2) is 15.2 Å². The largest absolute Gasteiger partial charge is 0.384 e. The molecule has 9 heavy (non-hydrogen) atoms. The maximum atomic E-state index is 7.01. The highest BCUT2D eigenvalue weighted by Gasteiger charge is 1.97. The van der Waals surface area contributed by atoms with Gasteiger partial charge in [-0.05, 0) is 22.0 Å². The van der Waals surface area contributed by atoms with Crippen LogP contribution in [-0.2, 0) is 0 Å². The zero-order chi connectivity index (χ0) is 6.85. The summed E-state index contributed by atoms with van der Waals surface area (Å²) in [5, 5.41) is 8.85. The maximum absolute atomic E-state index is 7.01. The van der Waals surface area contributed by atoms with Crippen molar-refractivity contribution in [1.29, 1.82) is 5.41 Å². The molecule has 0 unspecified atom stereocenters. The van der Waals surface area contributed by atoms with E-state index in [0.717, 1.165) is 9.35 Å². The SMILES string of the molecule is N=C(N)c1csc(Br)c1. The van der Waals surface area contributed by atoms with E-state index in [-0.39, 0.29) is 5.84 Å². The van der Waals surface area contributed by atoms with Crippen molar-refractivity contribution in [3.8, 4) is 0 Å². The van der Waals surface area contributed by atoms with Gasteiger partial charge in [0.25, 0.3) is 0 Å². The van der Waals surface area contributed by atoms with Gasteiger partial charge < -0.3 is 5.73 Å². The van der Waals surface area contributed by atoms with Crippen molar-refractivity contribution in [3.63, 3.8) is 0 Å². The standard InChI is InChI=1S/C5H5BrN2S/c6-4-1-3(2-9-4)5(7)8/h1-2H,(H3,7,8). The van der Waals surface area contributed by atoms with Crippen molar-refractivity contribution in [2.45, 2.75) is 0 Å². The van der Waals surface area contributed by atoms with Gasteiger partial charge in [-0.1, -0.05) is 0 Å². The minimum absolute atomic E-state index is 0.122. The Kier molecular flexibility index (Phi) is 1.87. The van der Waals surface area contributed by atoms with Gasteiger partial charge >= 0.3 is 0 Å². The van der Waals surface area contributed by atoms with Crippen LogP contribution < -0.4 is 5.73 Å². The van der Waals surface area contributed by atoms with E-state index in [1.807, 2.05) is 11.4 Å². The third-order valence-electron chi connectivity index (χ3n) is 0.878. The van der Waals surface area contributed by atoms with Crippen LogP contribution in [0.25, 0.3) is 0 Å². The van der Waals surface area contributed by atoms with Gasteiger partial charge in [0, 0.05) is 10.9 Å². The first-order valence-electron chi connectivity index (χ1n) is 2.28. The van der Waals surface area contributed by atoms with Crippen LogP contribution in [0.4, 0.5) is 0 Å². The molecule has 1 aromatic rings. The molecule has 0 spiro atoms. The molecule has 1 heterocycles. The minimum Gasteiger partial charge on any atom is -0.384 e. The summed E-state index contributed by atoms with van der Waals surface area (Å²) >= 11 is 4.80. The van der Waals surface area contributed by atoms with Crippen LogP contribution in [0, 0.1) is 5.41 Å². The third kappa shape index (κ3) is 1.53. The first-order valence-corrected chi connectivity index (χ1v) is 3.96. The highest BCUT2D eigenvalue weighted by atomic mass is 79.9. The Morgan fingerprint density at radius 2 is 2.44 bits per heavy atom. The third-order valence-corrected chi connectivity index (χ3v) is 2.38. The molecule has 0 aromatic carbocycles. The van der Waals surface area contributed by atoms with E-state index < -0.39 is 0 Å². The Bertz CT molecular complexity index is 231. The molecule has 0 saturated carbocycles. The predicted octanol–water partition coefficient (Wildman–Crippen LogP) is 1.79. The molecule has 0 aliphatic heterocycles. The fourth-order valence-electron chi connectivity index (χ4n) is 0.451. The molecule has 0 saturated heterocycles. The van der Waals surface area contributed by atoms with Crippen molar-refractivity contribution < 1.29 is 0 Å². The van der Waals surface area contributed by atoms with Crippen molar-refractivity contribution in [1.82, 2.24) is 0 Å². The zero-order valence-corrected chi connectivity index (χ0v) is 6.92. The van der Waals surface area contributed by atoms with Crippen LogP contribution in [-0.4, -0.2) is 5.84 Å². The Hall–Kier alpha value is -0.350. The Balaban J connectivity index is 2.98. The van der Waals surface area contributed by atoms with E-state index in [4.69, 9.17) is 11.1 Å². The summed E-state index contributed by atoms with van der Waals surface area (Å²) in [4.78, 5) is 0.